The van der Waals surface area contributed by atoms with Crippen molar-refractivity contribution in [3.8, 4) is 5.75 Å². The number of nitrogens with one attached hydrogen (secondary N) is 1. The Balaban J connectivity index is 1.19. The van der Waals surface area contributed by atoms with E-state index in [0.29, 0.717) is 57.3 Å². The number of carbonyl (C=O) groups is 2. The maximum Gasteiger partial charge on any atom is 0.322 e. The number of urea groups is 1. The van der Waals surface area contributed by atoms with Crippen molar-refractivity contribution in [1.82, 2.24) is 14.4 Å². The second kappa shape index (κ2) is 13.3. The largest absolute Gasteiger partial charge is 0.495 e. The van der Waals surface area contributed by atoms with Gasteiger partial charge in [0.25, 0.3) is 5.91 Å². The summed E-state index contributed by atoms with van der Waals surface area (Å²) in [5, 5.41) is 2.67. The van der Waals surface area contributed by atoms with Gasteiger partial charge in [0.1, 0.15) is 17.3 Å². The molecule has 1 N–H and O–H groups in total. The number of para-hydroxylation sites is 3. The number of nitrogens with zero attached hydrogens (tertiary/aromatic N) is 4. The van der Waals surface area contributed by atoms with Crippen LogP contribution in [0.25, 0.3) is 0 Å². The predicted molar refractivity (Wildman–Crippen MR) is 159 cm³/mol. The molecule has 220 valence electrons. The van der Waals surface area contributed by atoms with Crippen LogP contribution in [0.4, 0.5) is 20.6 Å². The van der Waals surface area contributed by atoms with Gasteiger partial charge in [-0.1, -0.05) is 31.2 Å². The van der Waals surface area contributed by atoms with Crippen LogP contribution in [0.15, 0.2) is 83.4 Å². The zero-order valence-corrected chi connectivity index (χ0v) is 24.0. The lowest BCUT2D eigenvalue weighted by atomic mass is 10.2. The Morgan fingerprint density at radius 1 is 0.976 bits per heavy atom. The Morgan fingerprint density at radius 2 is 1.74 bits per heavy atom. The van der Waals surface area contributed by atoms with Crippen LogP contribution in [0.2, 0.25) is 0 Å². The maximum atomic E-state index is 14.1. The molecule has 3 amide bonds. The van der Waals surface area contributed by atoms with Gasteiger partial charge in [-0.2, -0.15) is 0 Å². The van der Waals surface area contributed by atoms with E-state index in [1.807, 2.05) is 65.1 Å². The van der Waals surface area contributed by atoms with E-state index in [9.17, 15) is 14.0 Å². The van der Waals surface area contributed by atoms with Crippen LogP contribution in [-0.2, 0) is 13.1 Å². The monoisotopic (exact) mass is 573 g/mol. The minimum atomic E-state index is -0.479. The number of anilines is 2. The lowest BCUT2D eigenvalue weighted by molar-refractivity contribution is 0.0712. The van der Waals surface area contributed by atoms with Crippen LogP contribution in [0, 0.1) is 5.82 Å². The molecule has 1 fully saturated rings. The van der Waals surface area contributed by atoms with E-state index in [4.69, 9.17) is 9.15 Å². The summed E-state index contributed by atoms with van der Waals surface area (Å²) in [6.07, 6.45) is 2.66. The molecule has 1 saturated heterocycles. The van der Waals surface area contributed by atoms with Crippen LogP contribution in [0.5, 0.6) is 5.75 Å². The normalized spacial score (nSPS) is 13.2. The first-order valence-corrected chi connectivity index (χ1v) is 14.2. The number of ether oxygens (including phenoxy) is 1. The number of aromatic nitrogens is 1. The van der Waals surface area contributed by atoms with E-state index >= 15 is 0 Å². The second-order valence-electron chi connectivity index (χ2n) is 10.2. The van der Waals surface area contributed by atoms with Gasteiger partial charge < -0.3 is 33.7 Å². The van der Waals surface area contributed by atoms with Gasteiger partial charge in [0.2, 0.25) is 0 Å². The molecule has 1 aliphatic heterocycles. The average Bonchev–Trinajstić information content (AvgIpc) is 3.67. The Morgan fingerprint density at radius 3 is 2.50 bits per heavy atom. The number of amides is 3. The number of furan rings is 1. The van der Waals surface area contributed by atoms with Crippen LogP contribution < -0.4 is 15.0 Å². The van der Waals surface area contributed by atoms with Gasteiger partial charge in [-0.3, -0.25) is 4.79 Å². The van der Waals surface area contributed by atoms with E-state index < -0.39 is 5.82 Å². The van der Waals surface area contributed by atoms with Crippen LogP contribution in [0.3, 0.4) is 0 Å². The smallest absolute Gasteiger partial charge is 0.322 e. The molecule has 0 bridgehead atoms. The van der Waals surface area contributed by atoms with Gasteiger partial charge in [-0.25, -0.2) is 9.18 Å². The molecule has 4 aromatic rings. The van der Waals surface area contributed by atoms with E-state index in [0.717, 1.165) is 23.6 Å². The fourth-order valence-corrected chi connectivity index (χ4v) is 5.16. The Kier molecular flexibility index (Phi) is 9.11. The van der Waals surface area contributed by atoms with Gasteiger partial charge in [-0.15, -0.1) is 0 Å². The summed E-state index contributed by atoms with van der Waals surface area (Å²) in [7, 11) is 1.66. The molecule has 0 spiro atoms. The standard InChI is InChI=1S/C32H36FN5O4/c1-3-16-38(32(40)34-27-11-5-4-10-26(27)33)22-24-9-8-17-37(24)23-25-14-15-30(42-25)31(39)36-20-18-35(19-21-36)28-12-6-7-13-29(28)41-2/h4-15,17H,3,16,18-23H2,1-2H3,(H,34,40). The first-order chi connectivity index (χ1) is 20.5. The summed E-state index contributed by atoms with van der Waals surface area (Å²) >= 11 is 0. The Bertz CT molecular complexity index is 1510. The number of piperazine rings is 1. The molecule has 0 saturated carbocycles. The van der Waals surface area contributed by atoms with E-state index in [1.54, 1.807) is 30.2 Å². The molecule has 2 aromatic carbocycles. The molecule has 0 radical (unpaired) electrons. The SMILES string of the molecule is CCCN(Cc1cccn1Cc1ccc(C(=O)N2CCN(c3ccccc3OC)CC2)o1)C(=O)Nc1ccccc1F. The molecule has 9 nitrogen and oxygen atoms in total. The molecule has 1 aliphatic rings. The zero-order valence-electron chi connectivity index (χ0n) is 24.0. The topological polar surface area (TPSA) is 83.2 Å². The lowest BCUT2D eigenvalue weighted by Gasteiger charge is -2.36. The van der Waals surface area contributed by atoms with Crippen LogP contribution >= 0.6 is 0 Å². The molecule has 0 atom stereocenters. The van der Waals surface area contributed by atoms with Crippen LogP contribution in [0.1, 0.15) is 35.4 Å². The molecule has 5 rings (SSSR count). The highest BCUT2D eigenvalue weighted by atomic mass is 19.1. The molecule has 10 heteroatoms. The maximum absolute atomic E-state index is 14.1. The number of hydrogen-bond donors (Lipinski definition) is 1. The third-order valence-corrected chi connectivity index (χ3v) is 7.36. The minimum absolute atomic E-state index is 0.132. The molecule has 0 aliphatic carbocycles. The first kappa shape index (κ1) is 28.8. The average molecular weight is 574 g/mol. The third-order valence-electron chi connectivity index (χ3n) is 7.36. The van der Waals surface area contributed by atoms with Gasteiger partial charge in [-0.05, 0) is 55.0 Å². The van der Waals surface area contributed by atoms with Crippen molar-refractivity contribution in [2.24, 2.45) is 0 Å². The zero-order chi connectivity index (χ0) is 29.5. The summed E-state index contributed by atoms with van der Waals surface area (Å²) in [6.45, 7) is 5.80. The highest BCUT2D eigenvalue weighted by Crippen LogP contribution is 2.28. The highest BCUT2D eigenvalue weighted by Gasteiger charge is 2.26. The fourth-order valence-electron chi connectivity index (χ4n) is 5.16. The highest BCUT2D eigenvalue weighted by molar-refractivity contribution is 5.92. The van der Waals surface area contributed by atoms with Crippen LogP contribution in [-0.4, -0.2) is 66.1 Å². The van der Waals surface area contributed by atoms with Crippen molar-refractivity contribution in [2.75, 3.05) is 50.1 Å². The number of halogens is 1. The van der Waals surface area contributed by atoms with E-state index in [1.165, 1.54) is 12.1 Å². The Labute approximate surface area is 245 Å². The number of hydrogen-bond acceptors (Lipinski definition) is 5. The second-order valence-corrected chi connectivity index (χ2v) is 10.2. The molecule has 42 heavy (non-hydrogen) atoms. The number of benzene rings is 2. The Hall–Kier alpha value is -4.73. The molecular formula is C32H36FN5O4. The van der Waals surface area contributed by atoms with Crippen molar-refractivity contribution < 1.29 is 23.1 Å². The first-order valence-electron chi connectivity index (χ1n) is 14.2. The fraction of sp³-hybridized carbons (Fsp3) is 0.312. The summed E-state index contributed by atoms with van der Waals surface area (Å²) in [5.74, 6) is 1.16. The van der Waals surface area contributed by atoms with Gasteiger partial charge in [0.05, 0.1) is 31.6 Å². The predicted octanol–water partition coefficient (Wildman–Crippen LogP) is 5.68. The number of rotatable bonds is 10. The number of methoxy groups -OCH3 is 1. The third kappa shape index (κ3) is 6.59. The quantitative estimate of drug-likeness (QED) is 0.264. The van der Waals surface area contributed by atoms with Gasteiger partial charge >= 0.3 is 6.03 Å². The van der Waals surface area contributed by atoms with Gasteiger partial charge in [0.15, 0.2) is 5.76 Å². The van der Waals surface area contributed by atoms with E-state index in [-0.39, 0.29) is 17.6 Å². The lowest BCUT2D eigenvalue weighted by Crippen LogP contribution is -2.48. The van der Waals surface area contributed by atoms with Crippen molar-refractivity contribution in [3.05, 3.63) is 102 Å². The summed E-state index contributed by atoms with van der Waals surface area (Å²) in [5.41, 5.74) is 2.06. The summed E-state index contributed by atoms with van der Waals surface area (Å²) in [4.78, 5) is 31.9. The van der Waals surface area contributed by atoms with Crippen molar-refractivity contribution in [1.29, 1.82) is 0 Å². The summed E-state index contributed by atoms with van der Waals surface area (Å²) in [6, 6.07) is 21.0. The van der Waals surface area contributed by atoms with E-state index in [2.05, 4.69) is 10.2 Å². The van der Waals surface area contributed by atoms with Crippen molar-refractivity contribution in [3.63, 3.8) is 0 Å². The van der Waals surface area contributed by atoms with Gasteiger partial charge in [0, 0.05) is 44.6 Å². The van der Waals surface area contributed by atoms with Crippen molar-refractivity contribution >= 4 is 23.3 Å². The summed E-state index contributed by atoms with van der Waals surface area (Å²) < 4.78 is 27.6. The molecular weight excluding hydrogens is 537 g/mol. The van der Waals surface area contributed by atoms with Crippen molar-refractivity contribution in [2.45, 2.75) is 26.4 Å². The minimum Gasteiger partial charge on any atom is -0.495 e. The number of carbonyl (C=O) groups excluding carboxylic acids is 2. The molecule has 0 unspecified atom stereocenters. The molecule has 3 heterocycles. The molecule has 2 aromatic heterocycles.